The average Bonchev–Trinajstić information content (AvgIpc) is 2.24. The van der Waals surface area contributed by atoms with Crippen LogP contribution >= 0.6 is 15.9 Å². The summed E-state index contributed by atoms with van der Waals surface area (Å²) in [7, 11) is 0. The molecule has 2 nitrogen and oxygen atoms in total. The number of rotatable bonds is 4. The Hall–Kier alpha value is -0.820. The molecule has 3 N–H and O–H groups in total. The van der Waals surface area contributed by atoms with Gasteiger partial charge in [0.2, 0.25) is 0 Å². The van der Waals surface area contributed by atoms with E-state index in [2.05, 4.69) is 45.3 Å². The molecule has 1 rings (SSSR count). The van der Waals surface area contributed by atoms with Crippen molar-refractivity contribution < 1.29 is 0 Å². The van der Waals surface area contributed by atoms with Crippen molar-refractivity contribution >= 4 is 15.9 Å². The molecule has 0 aliphatic rings. The molecule has 80 valence electrons. The number of halogens is 1. The van der Waals surface area contributed by atoms with Gasteiger partial charge in [-0.2, -0.15) is 0 Å². The Morgan fingerprint density at radius 3 is 2.93 bits per heavy atom. The molecule has 0 heterocycles. The van der Waals surface area contributed by atoms with E-state index >= 15 is 0 Å². The number of nitrogens with one attached hydrogen (secondary N) is 1. The summed E-state index contributed by atoms with van der Waals surface area (Å²) in [6.07, 6.45) is 1.78. The van der Waals surface area contributed by atoms with Crippen molar-refractivity contribution in [2.45, 2.75) is 25.8 Å². The summed E-state index contributed by atoms with van der Waals surface area (Å²) in [5, 5.41) is 0. The van der Waals surface area contributed by atoms with E-state index in [1.165, 1.54) is 5.56 Å². The molecule has 1 atom stereocenters. The lowest BCUT2D eigenvalue weighted by Crippen LogP contribution is -2.27. The Balaban J connectivity index is 2.68. The van der Waals surface area contributed by atoms with Crippen molar-refractivity contribution in [1.82, 2.24) is 5.43 Å². The predicted molar refractivity (Wildman–Crippen MR) is 66.9 cm³/mol. The van der Waals surface area contributed by atoms with Gasteiger partial charge in [-0.3, -0.25) is 11.3 Å². The van der Waals surface area contributed by atoms with Gasteiger partial charge < -0.3 is 0 Å². The summed E-state index contributed by atoms with van der Waals surface area (Å²) in [6.45, 7) is 1.85. The van der Waals surface area contributed by atoms with Crippen LogP contribution in [0.4, 0.5) is 0 Å². The van der Waals surface area contributed by atoms with Crippen molar-refractivity contribution in [3.8, 4) is 11.8 Å². The Morgan fingerprint density at radius 2 is 2.33 bits per heavy atom. The minimum atomic E-state index is 0.170. The minimum absolute atomic E-state index is 0.170. The fourth-order valence-electron chi connectivity index (χ4n) is 1.41. The normalized spacial score (nSPS) is 11.7. The molecule has 0 spiro atoms. The van der Waals surface area contributed by atoms with Gasteiger partial charge in [0.05, 0.1) is 0 Å². The number of hydrogen-bond acceptors (Lipinski definition) is 2. The lowest BCUT2D eigenvalue weighted by molar-refractivity contribution is 0.523. The van der Waals surface area contributed by atoms with Gasteiger partial charge in [0.15, 0.2) is 0 Å². The maximum absolute atomic E-state index is 5.52. The third-order valence-electron chi connectivity index (χ3n) is 2.19. The molecular weight excluding hydrogens is 252 g/mol. The van der Waals surface area contributed by atoms with Crippen molar-refractivity contribution in [2.75, 3.05) is 0 Å². The van der Waals surface area contributed by atoms with Gasteiger partial charge in [-0.1, -0.05) is 28.1 Å². The van der Waals surface area contributed by atoms with Crippen LogP contribution in [0.3, 0.4) is 0 Å². The molecule has 1 aromatic carbocycles. The first-order valence-electron chi connectivity index (χ1n) is 4.89. The highest BCUT2D eigenvalue weighted by Gasteiger charge is 2.08. The molecule has 0 saturated carbocycles. The molecule has 0 aliphatic carbocycles. The SMILES string of the molecule is CC#CCCC(NN)c1cccc(Br)c1. The maximum atomic E-state index is 5.52. The highest BCUT2D eigenvalue weighted by Crippen LogP contribution is 2.20. The molecule has 0 saturated heterocycles. The fourth-order valence-corrected chi connectivity index (χ4v) is 1.83. The van der Waals surface area contributed by atoms with E-state index < -0.39 is 0 Å². The molecule has 0 radical (unpaired) electrons. The van der Waals surface area contributed by atoms with Crippen LogP contribution in [0.15, 0.2) is 28.7 Å². The summed E-state index contributed by atoms with van der Waals surface area (Å²) in [4.78, 5) is 0. The van der Waals surface area contributed by atoms with Crippen LogP contribution < -0.4 is 11.3 Å². The monoisotopic (exact) mass is 266 g/mol. The first-order chi connectivity index (χ1) is 7.27. The Bertz CT molecular complexity index is 365. The molecule has 0 bridgehead atoms. The van der Waals surface area contributed by atoms with Gasteiger partial charge in [-0.05, 0) is 31.0 Å². The van der Waals surface area contributed by atoms with E-state index in [1.54, 1.807) is 0 Å². The van der Waals surface area contributed by atoms with Gasteiger partial charge in [-0.25, -0.2) is 0 Å². The fraction of sp³-hybridized carbons (Fsp3) is 0.333. The van der Waals surface area contributed by atoms with Crippen LogP contribution in [0.2, 0.25) is 0 Å². The van der Waals surface area contributed by atoms with Crippen LogP contribution in [0, 0.1) is 11.8 Å². The van der Waals surface area contributed by atoms with E-state index in [0.717, 1.165) is 17.3 Å². The van der Waals surface area contributed by atoms with Gasteiger partial charge in [0.1, 0.15) is 0 Å². The first-order valence-corrected chi connectivity index (χ1v) is 5.68. The lowest BCUT2D eigenvalue weighted by Gasteiger charge is -2.15. The van der Waals surface area contributed by atoms with Gasteiger partial charge in [0, 0.05) is 16.9 Å². The van der Waals surface area contributed by atoms with Crippen molar-refractivity contribution in [3.63, 3.8) is 0 Å². The second kappa shape index (κ2) is 6.62. The van der Waals surface area contributed by atoms with Crippen LogP contribution in [-0.2, 0) is 0 Å². The van der Waals surface area contributed by atoms with E-state index in [-0.39, 0.29) is 6.04 Å². The van der Waals surface area contributed by atoms with Crippen LogP contribution in [0.5, 0.6) is 0 Å². The van der Waals surface area contributed by atoms with E-state index in [1.807, 2.05) is 19.1 Å². The summed E-state index contributed by atoms with van der Waals surface area (Å²) < 4.78 is 1.07. The summed E-state index contributed by atoms with van der Waals surface area (Å²) in [5.74, 6) is 11.4. The van der Waals surface area contributed by atoms with Crippen molar-refractivity contribution in [3.05, 3.63) is 34.3 Å². The molecule has 15 heavy (non-hydrogen) atoms. The summed E-state index contributed by atoms with van der Waals surface area (Å²) in [6, 6.07) is 8.32. The Labute approximate surface area is 99.3 Å². The molecule has 1 unspecified atom stereocenters. The zero-order chi connectivity index (χ0) is 11.1. The maximum Gasteiger partial charge on any atom is 0.0469 e. The molecule has 3 heteroatoms. The number of hydrazine groups is 1. The zero-order valence-corrected chi connectivity index (χ0v) is 10.3. The molecular formula is C12H15BrN2. The third kappa shape index (κ3) is 4.05. The standard InChI is InChI=1S/C12H15BrN2/c1-2-3-4-8-12(15-14)10-6-5-7-11(13)9-10/h5-7,9,12,15H,4,8,14H2,1H3. The molecule has 0 aromatic heterocycles. The number of hydrogen-bond donors (Lipinski definition) is 2. The first kappa shape index (κ1) is 12.3. The molecule has 0 amide bonds. The topological polar surface area (TPSA) is 38.0 Å². The van der Waals surface area contributed by atoms with Crippen LogP contribution in [-0.4, -0.2) is 0 Å². The Kier molecular flexibility index (Phi) is 5.41. The minimum Gasteiger partial charge on any atom is -0.271 e. The molecule has 1 aromatic rings. The second-order valence-corrected chi connectivity index (χ2v) is 4.16. The van der Waals surface area contributed by atoms with Crippen LogP contribution in [0.25, 0.3) is 0 Å². The van der Waals surface area contributed by atoms with Crippen molar-refractivity contribution in [1.29, 1.82) is 0 Å². The second-order valence-electron chi connectivity index (χ2n) is 3.24. The summed E-state index contributed by atoms with van der Waals surface area (Å²) >= 11 is 3.44. The number of nitrogens with two attached hydrogens (primary N) is 1. The van der Waals surface area contributed by atoms with Crippen LogP contribution in [0.1, 0.15) is 31.4 Å². The lowest BCUT2D eigenvalue weighted by atomic mass is 10.0. The third-order valence-corrected chi connectivity index (χ3v) is 2.68. The highest BCUT2D eigenvalue weighted by atomic mass is 79.9. The highest BCUT2D eigenvalue weighted by molar-refractivity contribution is 9.10. The Morgan fingerprint density at radius 1 is 1.53 bits per heavy atom. The van der Waals surface area contributed by atoms with E-state index in [4.69, 9.17) is 5.84 Å². The molecule has 0 fully saturated rings. The zero-order valence-electron chi connectivity index (χ0n) is 8.76. The smallest absolute Gasteiger partial charge is 0.0469 e. The summed E-state index contributed by atoms with van der Waals surface area (Å²) in [5.41, 5.74) is 4.00. The largest absolute Gasteiger partial charge is 0.271 e. The quantitative estimate of drug-likeness (QED) is 0.500. The van der Waals surface area contributed by atoms with E-state index in [0.29, 0.717) is 0 Å². The van der Waals surface area contributed by atoms with Gasteiger partial charge >= 0.3 is 0 Å². The number of benzene rings is 1. The predicted octanol–water partition coefficient (Wildman–Crippen LogP) is 2.76. The average molecular weight is 267 g/mol. The molecule has 0 aliphatic heterocycles. The van der Waals surface area contributed by atoms with Crippen molar-refractivity contribution in [2.24, 2.45) is 5.84 Å². The van der Waals surface area contributed by atoms with E-state index in [9.17, 15) is 0 Å². The van der Waals surface area contributed by atoms with Gasteiger partial charge in [-0.15, -0.1) is 11.8 Å². The van der Waals surface area contributed by atoms with Gasteiger partial charge in [0.25, 0.3) is 0 Å².